The summed E-state index contributed by atoms with van der Waals surface area (Å²) < 4.78 is 0. The third-order valence-electron chi connectivity index (χ3n) is 2.02. The van der Waals surface area contributed by atoms with Gasteiger partial charge in [-0.2, -0.15) is 0 Å². The van der Waals surface area contributed by atoms with E-state index < -0.39 is 5.91 Å². The molecule has 1 aromatic rings. The molecule has 0 fully saturated rings. The maximum absolute atomic E-state index is 11.8. The minimum Gasteiger partial charge on any atom is -0.508 e. The van der Waals surface area contributed by atoms with E-state index in [4.69, 9.17) is 10.9 Å². The number of hydrogen-bond acceptors (Lipinski definition) is 5. The number of nitrogens with two attached hydrogens (primary N) is 1. The smallest absolute Gasteiger partial charge is 0.254 e. The lowest BCUT2D eigenvalue weighted by Gasteiger charge is -2.16. The molecule has 0 radical (unpaired) electrons. The Balaban J connectivity index is 2.88. The fraction of sp³-hybridized carbons (Fsp3) is 0.200. The highest BCUT2D eigenvalue weighted by Gasteiger charge is 2.14. The SMILES string of the molecule is CN(C/C(N)=N/O)C(=O)c1cc(O)cc(O)c1. The first-order valence-electron chi connectivity index (χ1n) is 4.69. The number of phenolic OH excluding ortho intramolecular Hbond substituents is 2. The summed E-state index contributed by atoms with van der Waals surface area (Å²) in [6.45, 7) is -0.0637. The van der Waals surface area contributed by atoms with Gasteiger partial charge in [0.2, 0.25) is 0 Å². The molecule has 1 aromatic carbocycles. The van der Waals surface area contributed by atoms with Crippen molar-refractivity contribution in [3.05, 3.63) is 23.8 Å². The predicted molar refractivity (Wildman–Crippen MR) is 60.1 cm³/mol. The molecule has 0 saturated carbocycles. The molecule has 5 N–H and O–H groups in total. The molecule has 0 aliphatic rings. The van der Waals surface area contributed by atoms with Gasteiger partial charge in [-0.15, -0.1) is 0 Å². The van der Waals surface area contributed by atoms with Gasteiger partial charge in [0, 0.05) is 18.7 Å². The van der Waals surface area contributed by atoms with Crippen molar-refractivity contribution >= 4 is 11.7 Å². The van der Waals surface area contributed by atoms with Crippen molar-refractivity contribution in [3.63, 3.8) is 0 Å². The number of rotatable bonds is 3. The van der Waals surface area contributed by atoms with Gasteiger partial charge in [-0.1, -0.05) is 5.16 Å². The van der Waals surface area contributed by atoms with Gasteiger partial charge >= 0.3 is 0 Å². The molecule has 0 aliphatic heterocycles. The molecule has 1 rings (SSSR count). The number of carbonyl (C=O) groups is 1. The van der Waals surface area contributed by atoms with Crippen molar-refractivity contribution in [2.45, 2.75) is 0 Å². The maximum Gasteiger partial charge on any atom is 0.254 e. The molecule has 0 saturated heterocycles. The lowest BCUT2D eigenvalue weighted by atomic mass is 10.2. The summed E-state index contributed by atoms with van der Waals surface area (Å²) >= 11 is 0. The molecule has 0 aromatic heterocycles. The molecule has 17 heavy (non-hydrogen) atoms. The minimum atomic E-state index is -0.470. The second kappa shape index (κ2) is 5.06. The van der Waals surface area contributed by atoms with Gasteiger partial charge in [-0.3, -0.25) is 4.79 Å². The molecule has 0 unspecified atom stereocenters. The lowest BCUT2D eigenvalue weighted by Crippen LogP contribution is -2.35. The number of nitrogens with zero attached hydrogens (tertiary/aromatic N) is 2. The van der Waals surface area contributed by atoms with E-state index in [9.17, 15) is 15.0 Å². The number of hydrogen-bond donors (Lipinski definition) is 4. The van der Waals surface area contributed by atoms with Crippen LogP contribution in [0, 0.1) is 0 Å². The van der Waals surface area contributed by atoms with E-state index >= 15 is 0 Å². The summed E-state index contributed by atoms with van der Waals surface area (Å²) in [7, 11) is 1.45. The van der Waals surface area contributed by atoms with E-state index in [0.717, 1.165) is 6.07 Å². The first-order valence-corrected chi connectivity index (χ1v) is 4.69. The van der Waals surface area contributed by atoms with Crippen LogP contribution in [0.5, 0.6) is 11.5 Å². The summed E-state index contributed by atoms with van der Waals surface area (Å²) in [6, 6.07) is 3.54. The molecule has 0 spiro atoms. The van der Waals surface area contributed by atoms with Crippen LogP contribution in [0.1, 0.15) is 10.4 Å². The van der Waals surface area contributed by atoms with Crippen molar-refractivity contribution in [2.75, 3.05) is 13.6 Å². The molecule has 7 nitrogen and oxygen atoms in total. The van der Waals surface area contributed by atoms with Crippen LogP contribution in [0.3, 0.4) is 0 Å². The minimum absolute atomic E-state index is 0.0637. The molecule has 0 atom stereocenters. The summed E-state index contributed by atoms with van der Waals surface area (Å²) in [5.74, 6) is -1.02. The first-order chi connectivity index (χ1) is 7.93. The van der Waals surface area contributed by atoms with Gasteiger partial charge in [0.25, 0.3) is 5.91 Å². The van der Waals surface area contributed by atoms with Crippen molar-refractivity contribution in [3.8, 4) is 11.5 Å². The number of carbonyl (C=O) groups excluding carboxylic acids is 1. The number of likely N-dealkylation sites (N-methyl/N-ethyl adjacent to an activating group) is 1. The average molecular weight is 239 g/mol. The highest BCUT2D eigenvalue weighted by atomic mass is 16.4. The van der Waals surface area contributed by atoms with Crippen LogP contribution >= 0.6 is 0 Å². The monoisotopic (exact) mass is 239 g/mol. The van der Waals surface area contributed by atoms with Gasteiger partial charge in [0.1, 0.15) is 11.5 Å². The van der Waals surface area contributed by atoms with Crippen LogP contribution in [-0.2, 0) is 0 Å². The Morgan fingerprint density at radius 1 is 1.35 bits per heavy atom. The third-order valence-corrected chi connectivity index (χ3v) is 2.02. The Labute approximate surface area is 97.4 Å². The summed E-state index contributed by atoms with van der Waals surface area (Å²) in [6.07, 6.45) is 0. The molecule has 1 amide bonds. The summed E-state index contributed by atoms with van der Waals surface area (Å²) in [5, 5.41) is 29.6. The Hall–Kier alpha value is -2.44. The maximum atomic E-state index is 11.8. The van der Waals surface area contributed by atoms with Crippen LogP contribution < -0.4 is 5.73 Å². The van der Waals surface area contributed by atoms with E-state index in [0.29, 0.717) is 0 Å². The van der Waals surface area contributed by atoms with E-state index in [1.807, 2.05) is 0 Å². The van der Waals surface area contributed by atoms with Crippen molar-refractivity contribution < 1.29 is 20.2 Å². The van der Waals surface area contributed by atoms with Crippen LogP contribution in [0.4, 0.5) is 0 Å². The van der Waals surface area contributed by atoms with Gasteiger partial charge in [0.15, 0.2) is 5.84 Å². The van der Waals surface area contributed by atoms with Gasteiger partial charge in [-0.25, -0.2) is 0 Å². The van der Waals surface area contributed by atoms with Crippen LogP contribution in [0.15, 0.2) is 23.4 Å². The summed E-state index contributed by atoms with van der Waals surface area (Å²) in [4.78, 5) is 13.0. The highest BCUT2D eigenvalue weighted by molar-refractivity contribution is 5.97. The van der Waals surface area contributed by atoms with E-state index in [1.54, 1.807) is 0 Å². The lowest BCUT2D eigenvalue weighted by molar-refractivity contribution is 0.0813. The first kappa shape index (κ1) is 12.6. The molecule has 0 aliphatic carbocycles. The van der Waals surface area contributed by atoms with E-state index in [1.165, 1.54) is 24.1 Å². The average Bonchev–Trinajstić information content (AvgIpc) is 2.26. The molecule has 7 heteroatoms. The number of amidine groups is 1. The molecule has 92 valence electrons. The van der Waals surface area contributed by atoms with Crippen LogP contribution in [0.2, 0.25) is 0 Å². The van der Waals surface area contributed by atoms with Crippen molar-refractivity contribution in [1.82, 2.24) is 4.90 Å². The van der Waals surface area contributed by atoms with Gasteiger partial charge < -0.3 is 26.1 Å². The highest BCUT2D eigenvalue weighted by Crippen LogP contribution is 2.21. The summed E-state index contributed by atoms with van der Waals surface area (Å²) in [5.41, 5.74) is 5.36. The zero-order valence-electron chi connectivity index (χ0n) is 9.16. The Morgan fingerprint density at radius 2 is 1.88 bits per heavy atom. The number of amides is 1. The second-order valence-electron chi connectivity index (χ2n) is 3.49. The van der Waals surface area contributed by atoms with Crippen LogP contribution in [0.25, 0.3) is 0 Å². The molecule has 0 heterocycles. The normalized spacial score (nSPS) is 11.2. The Kier molecular flexibility index (Phi) is 3.76. The largest absolute Gasteiger partial charge is 0.508 e. The Morgan fingerprint density at radius 3 is 2.35 bits per heavy atom. The fourth-order valence-electron chi connectivity index (χ4n) is 1.29. The quantitative estimate of drug-likeness (QED) is 0.254. The zero-order valence-corrected chi connectivity index (χ0v) is 9.16. The van der Waals surface area contributed by atoms with Gasteiger partial charge in [-0.05, 0) is 12.1 Å². The number of benzene rings is 1. The predicted octanol–water partition coefficient (Wildman–Crippen LogP) is -0.0838. The number of oxime groups is 1. The Bertz CT molecular complexity index is 439. The third kappa shape index (κ3) is 3.26. The number of aromatic hydroxyl groups is 2. The second-order valence-corrected chi connectivity index (χ2v) is 3.49. The van der Waals surface area contributed by atoms with E-state index in [-0.39, 0.29) is 29.4 Å². The molecule has 0 bridgehead atoms. The van der Waals surface area contributed by atoms with Crippen molar-refractivity contribution in [1.29, 1.82) is 0 Å². The van der Waals surface area contributed by atoms with E-state index in [2.05, 4.69) is 5.16 Å². The number of phenols is 2. The molecular formula is C10H13N3O4. The van der Waals surface area contributed by atoms with Gasteiger partial charge in [0.05, 0.1) is 6.54 Å². The topological polar surface area (TPSA) is 119 Å². The zero-order chi connectivity index (χ0) is 13.0. The van der Waals surface area contributed by atoms with Crippen LogP contribution in [-0.4, -0.2) is 45.7 Å². The standard InChI is InChI=1S/C10H13N3O4/c1-13(5-9(11)12-17)10(16)6-2-7(14)4-8(15)3-6/h2-4,14-15,17H,5H2,1H3,(H2,11,12). The fourth-order valence-corrected chi connectivity index (χ4v) is 1.29. The molecular weight excluding hydrogens is 226 g/mol. The van der Waals surface area contributed by atoms with Crippen molar-refractivity contribution in [2.24, 2.45) is 10.9 Å².